The lowest BCUT2D eigenvalue weighted by atomic mass is 10.1. The second-order valence-electron chi connectivity index (χ2n) is 7.14. The first-order valence-corrected chi connectivity index (χ1v) is 9.57. The van der Waals surface area contributed by atoms with Gasteiger partial charge in [-0.1, -0.05) is 6.07 Å². The van der Waals surface area contributed by atoms with E-state index in [-0.39, 0.29) is 6.61 Å². The highest BCUT2D eigenvalue weighted by atomic mass is 16.3. The minimum absolute atomic E-state index is 0.242. The molecular formula is C20H28N4O. The normalized spacial score (nSPS) is 19.6. The fraction of sp³-hybridized carbons (Fsp3) is 0.550. The Bertz CT molecular complexity index is 706. The van der Waals surface area contributed by atoms with E-state index in [0.29, 0.717) is 0 Å². The van der Waals surface area contributed by atoms with E-state index in [0.717, 1.165) is 38.5 Å². The molecule has 2 aliphatic heterocycles. The zero-order valence-electron chi connectivity index (χ0n) is 14.9. The minimum atomic E-state index is 0.242. The van der Waals surface area contributed by atoms with Crippen molar-refractivity contribution >= 4 is 22.3 Å². The summed E-state index contributed by atoms with van der Waals surface area (Å²) in [5.74, 6) is 1.11. The summed E-state index contributed by atoms with van der Waals surface area (Å²) >= 11 is 0. The Balaban J connectivity index is 1.60. The van der Waals surface area contributed by atoms with Gasteiger partial charge in [0.25, 0.3) is 0 Å². The van der Waals surface area contributed by atoms with Crippen molar-refractivity contribution in [1.29, 1.82) is 0 Å². The number of nitrogens with zero attached hydrogens (tertiary/aromatic N) is 4. The Morgan fingerprint density at radius 3 is 2.44 bits per heavy atom. The summed E-state index contributed by atoms with van der Waals surface area (Å²) in [4.78, 5) is 12.0. The van der Waals surface area contributed by atoms with Crippen LogP contribution in [0.3, 0.4) is 0 Å². The maximum absolute atomic E-state index is 9.12. The average molecular weight is 340 g/mol. The van der Waals surface area contributed by atoms with Gasteiger partial charge in [-0.15, -0.1) is 0 Å². The fourth-order valence-electron chi connectivity index (χ4n) is 4.07. The number of piperazine rings is 1. The van der Waals surface area contributed by atoms with Crippen molar-refractivity contribution in [2.75, 3.05) is 62.2 Å². The van der Waals surface area contributed by atoms with Crippen LogP contribution < -0.4 is 9.80 Å². The second-order valence-corrected chi connectivity index (χ2v) is 7.14. The molecule has 2 aliphatic rings. The van der Waals surface area contributed by atoms with Crippen LogP contribution in [0.5, 0.6) is 0 Å². The van der Waals surface area contributed by atoms with Gasteiger partial charge in [-0.2, -0.15) is 0 Å². The molecule has 0 amide bonds. The zero-order valence-corrected chi connectivity index (χ0v) is 14.9. The summed E-state index contributed by atoms with van der Waals surface area (Å²) < 4.78 is 0. The van der Waals surface area contributed by atoms with Crippen LogP contribution in [0, 0.1) is 0 Å². The number of hydrogen-bond acceptors (Lipinski definition) is 5. The Morgan fingerprint density at radius 2 is 1.68 bits per heavy atom. The maximum atomic E-state index is 9.12. The van der Waals surface area contributed by atoms with E-state index in [2.05, 4.69) is 39.0 Å². The molecule has 134 valence electrons. The molecule has 2 fully saturated rings. The van der Waals surface area contributed by atoms with Crippen molar-refractivity contribution in [3.8, 4) is 0 Å². The lowest BCUT2D eigenvalue weighted by Crippen LogP contribution is -2.47. The fourth-order valence-corrected chi connectivity index (χ4v) is 4.07. The van der Waals surface area contributed by atoms with Gasteiger partial charge >= 0.3 is 0 Å². The van der Waals surface area contributed by atoms with Gasteiger partial charge < -0.3 is 14.9 Å². The minimum Gasteiger partial charge on any atom is -0.395 e. The van der Waals surface area contributed by atoms with Crippen molar-refractivity contribution in [1.82, 2.24) is 9.88 Å². The van der Waals surface area contributed by atoms with Crippen molar-refractivity contribution < 1.29 is 5.11 Å². The highest BCUT2D eigenvalue weighted by Gasteiger charge is 2.20. The van der Waals surface area contributed by atoms with Crippen LogP contribution in [0.4, 0.5) is 11.5 Å². The number of piperidine rings is 1. The quantitative estimate of drug-likeness (QED) is 0.925. The van der Waals surface area contributed by atoms with Gasteiger partial charge in [0.2, 0.25) is 0 Å². The molecule has 0 saturated carbocycles. The summed E-state index contributed by atoms with van der Waals surface area (Å²) in [6.07, 6.45) is 5.88. The van der Waals surface area contributed by atoms with Crippen molar-refractivity contribution in [2.24, 2.45) is 0 Å². The lowest BCUT2D eigenvalue weighted by Gasteiger charge is -2.35. The van der Waals surface area contributed by atoms with Crippen LogP contribution >= 0.6 is 0 Å². The van der Waals surface area contributed by atoms with Crippen LogP contribution in [0.25, 0.3) is 10.8 Å². The van der Waals surface area contributed by atoms with Crippen LogP contribution in [0.15, 0.2) is 30.5 Å². The van der Waals surface area contributed by atoms with Crippen LogP contribution in [0.1, 0.15) is 19.3 Å². The molecule has 0 atom stereocenters. The molecule has 2 saturated heterocycles. The number of rotatable bonds is 4. The number of pyridine rings is 1. The van der Waals surface area contributed by atoms with Crippen molar-refractivity contribution in [2.45, 2.75) is 19.3 Å². The first-order valence-electron chi connectivity index (χ1n) is 9.57. The molecule has 5 nitrogen and oxygen atoms in total. The first-order chi connectivity index (χ1) is 12.3. The van der Waals surface area contributed by atoms with E-state index >= 15 is 0 Å². The Morgan fingerprint density at radius 1 is 0.880 bits per heavy atom. The molecule has 0 spiro atoms. The summed E-state index contributed by atoms with van der Waals surface area (Å²) in [6.45, 7) is 7.28. The molecule has 25 heavy (non-hydrogen) atoms. The zero-order chi connectivity index (χ0) is 17.1. The number of aromatic nitrogens is 1. The summed E-state index contributed by atoms with van der Waals surface area (Å²) in [5, 5.41) is 11.7. The highest BCUT2D eigenvalue weighted by Crippen LogP contribution is 2.30. The number of aliphatic hydroxyl groups is 1. The van der Waals surface area contributed by atoms with E-state index in [1.807, 2.05) is 6.20 Å². The van der Waals surface area contributed by atoms with E-state index in [4.69, 9.17) is 10.1 Å². The van der Waals surface area contributed by atoms with Crippen LogP contribution in [-0.2, 0) is 0 Å². The standard InChI is InChI=1S/C20H28N4O/c25-15-14-22-10-12-24(13-11-22)20-19-16-18(23-8-2-1-3-9-23)5-4-17(19)6-7-21-20/h4-7,16,25H,1-3,8-15H2. The van der Waals surface area contributed by atoms with Crippen molar-refractivity contribution in [3.63, 3.8) is 0 Å². The highest BCUT2D eigenvalue weighted by molar-refractivity contribution is 5.94. The SMILES string of the molecule is OCCN1CCN(c2nccc3ccc(N4CCCCC4)cc23)CC1. The van der Waals surface area contributed by atoms with E-state index in [1.165, 1.54) is 48.8 Å². The predicted octanol–water partition coefficient (Wildman–Crippen LogP) is 2.34. The molecule has 1 aromatic carbocycles. The maximum Gasteiger partial charge on any atom is 0.136 e. The Labute approximate surface area is 149 Å². The first kappa shape index (κ1) is 16.6. The summed E-state index contributed by atoms with van der Waals surface area (Å²) in [5.41, 5.74) is 1.33. The van der Waals surface area contributed by atoms with Gasteiger partial charge in [-0.25, -0.2) is 4.98 Å². The van der Waals surface area contributed by atoms with Gasteiger partial charge in [0, 0.05) is 63.1 Å². The van der Waals surface area contributed by atoms with Gasteiger partial charge in [0.05, 0.1) is 6.61 Å². The van der Waals surface area contributed by atoms with Gasteiger partial charge in [-0.05, 0) is 42.8 Å². The molecular weight excluding hydrogens is 312 g/mol. The third-order valence-corrected chi connectivity index (χ3v) is 5.54. The molecule has 0 aliphatic carbocycles. The van der Waals surface area contributed by atoms with E-state index in [1.54, 1.807) is 0 Å². The van der Waals surface area contributed by atoms with Gasteiger partial charge in [-0.3, -0.25) is 4.90 Å². The van der Waals surface area contributed by atoms with Crippen molar-refractivity contribution in [3.05, 3.63) is 30.5 Å². The Hall–Kier alpha value is -1.85. The summed E-state index contributed by atoms with van der Waals surface area (Å²) in [6, 6.07) is 8.95. The van der Waals surface area contributed by atoms with Crippen LogP contribution in [0.2, 0.25) is 0 Å². The molecule has 2 aromatic rings. The molecule has 0 unspecified atom stereocenters. The number of anilines is 2. The number of β-amino-alcohol motifs (C(OH)–C–C–N with tert-alkyl or cyclic N) is 1. The van der Waals surface area contributed by atoms with Gasteiger partial charge in [0.1, 0.15) is 5.82 Å². The molecule has 1 N–H and O–H groups in total. The molecule has 4 rings (SSSR count). The number of aliphatic hydroxyl groups excluding tert-OH is 1. The Kier molecular flexibility index (Phi) is 5.04. The molecule has 0 bridgehead atoms. The number of benzene rings is 1. The van der Waals surface area contributed by atoms with Crippen LogP contribution in [-0.4, -0.2) is 67.4 Å². The largest absolute Gasteiger partial charge is 0.395 e. The van der Waals surface area contributed by atoms with E-state index < -0.39 is 0 Å². The number of fused-ring (bicyclic) bond motifs is 1. The smallest absolute Gasteiger partial charge is 0.136 e. The third-order valence-electron chi connectivity index (χ3n) is 5.54. The monoisotopic (exact) mass is 340 g/mol. The topological polar surface area (TPSA) is 42.8 Å². The molecule has 5 heteroatoms. The lowest BCUT2D eigenvalue weighted by molar-refractivity contribution is 0.188. The average Bonchev–Trinajstić information content (AvgIpc) is 2.69. The molecule has 0 radical (unpaired) electrons. The third kappa shape index (κ3) is 3.58. The second kappa shape index (κ2) is 7.58. The van der Waals surface area contributed by atoms with Gasteiger partial charge in [0.15, 0.2) is 0 Å². The van der Waals surface area contributed by atoms with E-state index in [9.17, 15) is 0 Å². The molecule has 3 heterocycles. The number of hydrogen-bond donors (Lipinski definition) is 1. The molecule has 1 aromatic heterocycles. The summed E-state index contributed by atoms with van der Waals surface area (Å²) in [7, 11) is 0. The predicted molar refractivity (Wildman–Crippen MR) is 104 cm³/mol.